The van der Waals surface area contributed by atoms with Crippen LogP contribution in [0.2, 0.25) is 0 Å². The van der Waals surface area contributed by atoms with E-state index in [9.17, 15) is 14.0 Å². The summed E-state index contributed by atoms with van der Waals surface area (Å²) in [5.41, 5.74) is 0. The first-order chi connectivity index (χ1) is 12.0. The van der Waals surface area contributed by atoms with Crippen LogP contribution in [0.25, 0.3) is 0 Å². The molecule has 5 unspecified atom stereocenters. The smallest absolute Gasteiger partial charge is 0.258 e. The fourth-order valence-electron chi connectivity index (χ4n) is 4.02. The van der Waals surface area contributed by atoms with E-state index in [1.54, 1.807) is 12.1 Å². The van der Waals surface area contributed by atoms with Crippen LogP contribution in [-0.4, -0.2) is 30.5 Å². The third-order valence-electron chi connectivity index (χ3n) is 5.67. The third-order valence-corrected chi connectivity index (χ3v) is 5.67. The van der Waals surface area contributed by atoms with Crippen molar-refractivity contribution in [2.45, 2.75) is 45.2 Å². The van der Waals surface area contributed by atoms with Gasteiger partial charge in [-0.1, -0.05) is 26.0 Å². The monoisotopic (exact) mass is 348 g/mol. The van der Waals surface area contributed by atoms with Crippen LogP contribution in [0.3, 0.4) is 0 Å². The SMILES string of the molecule is CC1C(=O)NC2CC(NC(=O)COc3ccccc3F)CCC2C1C. The summed E-state index contributed by atoms with van der Waals surface area (Å²) >= 11 is 0. The van der Waals surface area contributed by atoms with E-state index in [1.807, 2.05) is 6.92 Å². The molecular formula is C19H25FN2O3. The summed E-state index contributed by atoms with van der Waals surface area (Å²) in [4.78, 5) is 24.1. The van der Waals surface area contributed by atoms with E-state index >= 15 is 0 Å². The fourth-order valence-corrected chi connectivity index (χ4v) is 4.02. The molecule has 1 saturated heterocycles. The van der Waals surface area contributed by atoms with Crippen molar-refractivity contribution in [1.82, 2.24) is 10.6 Å². The Kier molecular flexibility index (Phi) is 5.25. The zero-order valence-electron chi connectivity index (χ0n) is 14.6. The van der Waals surface area contributed by atoms with Crippen molar-refractivity contribution in [3.8, 4) is 5.75 Å². The van der Waals surface area contributed by atoms with Crippen molar-refractivity contribution < 1.29 is 18.7 Å². The van der Waals surface area contributed by atoms with E-state index < -0.39 is 5.82 Å². The first-order valence-electron chi connectivity index (χ1n) is 8.92. The molecule has 1 aromatic carbocycles. The Hall–Kier alpha value is -2.11. The first-order valence-corrected chi connectivity index (χ1v) is 8.92. The molecule has 5 nitrogen and oxygen atoms in total. The molecule has 2 aliphatic rings. The number of benzene rings is 1. The highest BCUT2D eigenvalue weighted by atomic mass is 19.1. The minimum atomic E-state index is -0.483. The lowest BCUT2D eigenvalue weighted by Crippen LogP contribution is -2.57. The average Bonchev–Trinajstić information content (AvgIpc) is 2.59. The molecule has 2 fully saturated rings. The molecule has 3 rings (SSSR count). The van der Waals surface area contributed by atoms with Gasteiger partial charge >= 0.3 is 0 Å². The van der Waals surface area contributed by atoms with Gasteiger partial charge in [-0.2, -0.15) is 0 Å². The molecular weight excluding hydrogens is 323 g/mol. The summed E-state index contributed by atoms with van der Waals surface area (Å²) in [5, 5.41) is 6.04. The molecule has 6 heteroatoms. The highest BCUT2D eigenvalue weighted by molar-refractivity contribution is 5.80. The second-order valence-electron chi connectivity index (χ2n) is 7.22. The largest absolute Gasteiger partial charge is 0.481 e. The normalized spacial score (nSPS) is 31.6. The first kappa shape index (κ1) is 17.7. The van der Waals surface area contributed by atoms with Crippen LogP contribution in [0.15, 0.2) is 24.3 Å². The summed E-state index contributed by atoms with van der Waals surface area (Å²) in [6.07, 6.45) is 2.61. The van der Waals surface area contributed by atoms with E-state index in [2.05, 4.69) is 17.6 Å². The molecule has 136 valence electrons. The van der Waals surface area contributed by atoms with Crippen LogP contribution in [0.4, 0.5) is 4.39 Å². The van der Waals surface area contributed by atoms with Crippen molar-refractivity contribution in [3.05, 3.63) is 30.1 Å². The minimum Gasteiger partial charge on any atom is -0.481 e. The third kappa shape index (κ3) is 3.94. The van der Waals surface area contributed by atoms with E-state index in [0.29, 0.717) is 11.8 Å². The van der Waals surface area contributed by atoms with Gasteiger partial charge in [0.15, 0.2) is 18.2 Å². The zero-order valence-corrected chi connectivity index (χ0v) is 14.6. The molecule has 1 aliphatic carbocycles. The Balaban J connectivity index is 1.50. The van der Waals surface area contributed by atoms with Gasteiger partial charge in [-0.3, -0.25) is 9.59 Å². The number of hydrogen-bond acceptors (Lipinski definition) is 3. The zero-order chi connectivity index (χ0) is 18.0. The average molecular weight is 348 g/mol. The molecule has 25 heavy (non-hydrogen) atoms. The van der Waals surface area contributed by atoms with Gasteiger partial charge in [0.05, 0.1) is 0 Å². The van der Waals surface area contributed by atoms with Crippen LogP contribution in [0.1, 0.15) is 33.1 Å². The maximum absolute atomic E-state index is 13.5. The van der Waals surface area contributed by atoms with Crippen molar-refractivity contribution in [2.75, 3.05) is 6.61 Å². The predicted octanol–water partition coefficient (Wildman–Crippen LogP) is 2.26. The molecule has 5 atom stereocenters. The maximum Gasteiger partial charge on any atom is 0.258 e. The highest BCUT2D eigenvalue weighted by Crippen LogP contribution is 2.37. The van der Waals surface area contributed by atoms with Crippen molar-refractivity contribution in [3.63, 3.8) is 0 Å². The molecule has 0 spiro atoms. The van der Waals surface area contributed by atoms with Crippen LogP contribution in [0.5, 0.6) is 5.75 Å². The van der Waals surface area contributed by atoms with Crippen molar-refractivity contribution in [1.29, 1.82) is 0 Å². The van der Waals surface area contributed by atoms with Gasteiger partial charge in [0.1, 0.15) is 0 Å². The number of para-hydroxylation sites is 1. The molecule has 1 saturated carbocycles. The molecule has 2 N–H and O–H groups in total. The number of carbonyl (C=O) groups excluding carboxylic acids is 2. The lowest BCUT2D eigenvalue weighted by atomic mass is 9.68. The summed E-state index contributed by atoms with van der Waals surface area (Å²) in [6, 6.07) is 6.15. The second kappa shape index (κ2) is 7.42. The molecule has 0 bridgehead atoms. The Morgan fingerprint density at radius 2 is 2.08 bits per heavy atom. The van der Waals surface area contributed by atoms with Gasteiger partial charge < -0.3 is 15.4 Å². The van der Waals surface area contributed by atoms with Crippen LogP contribution in [-0.2, 0) is 9.59 Å². The summed E-state index contributed by atoms with van der Waals surface area (Å²) in [6.45, 7) is 3.90. The summed E-state index contributed by atoms with van der Waals surface area (Å²) in [5.74, 6) is 0.295. The number of carbonyl (C=O) groups is 2. The Bertz CT molecular complexity index is 651. The Morgan fingerprint density at radius 1 is 1.32 bits per heavy atom. The van der Waals surface area contributed by atoms with Crippen LogP contribution < -0.4 is 15.4 Å². The molecule has 1 aliphatic heterocycles. The van der Waals surface area contributed by atoms with Gasteiger partial charge in [-0.15, -0.1) is 0 Å². The van der Waals surface area contributed by atoms with Gasteiger partial charge in [-0.05, 0) is 43.2 Å². The lowest BCUT2D eigenvalue weighted by Gasteiger charge is -2.45. The van der Waals surface area contributed by atoms with Gasteiger partial charge in [0.2, 0.25) is 5.91 Å². The highest BCUT2D eigenvalue weighted by Gasteiger charge is 2.42. The van der Waals surface area contributed by atoms with E-state index in [0.717, 1.165) is 19.3 Å². The standard InChI is InChI=1S/C19H25FN2O3/c1-11-12(2)19(24)22-16-9-13(7-8-14(11)16)21-18(23)10-25-17-6-4-3-5-15(17)20/h3-6,11-14,16H,7-10H2,1-2H3,(H,21,23)(H,22,24). The number of rotatable bonds is 4. The van der Waals surface area contributed by atoms with Gasteiger partial charge in [0, 0.05) is 18.0 Å². The van der Waals surface area contributed by atoms with E-state index in [-0.39, 0.29) is 42.2 Å². The van der Waals surface area contributed by atoms with Gasteiger partial charge in [0.25, 0.3) is 5.91 Å². The number of piperidine rings is 1. The predicted molar refractivity (Wildman–Crippen MR) is 91.4 cm³/mol. The number of hydrogen-bond donors (Lipinski definition) is 2. The number of fused-ring (bicyclic) bond motifs is 1. The second-order valence-corrected chi connectivity index (χ2v) is 7.22. The number of nitrogens with one attached hydrogen (secondary N) is 2. The quantitative estimate of drug-likeness (QED) is 0.877. The number of amides is 2. The summed E-state index contributed by atoms with van der Waals surface area (Å²) < 4.78 is 18.7. The Labute approximate surface area is 147 Å². The molecule has 0 radical (unpaired) electrons. The fraction of sp³-hybridized carbons (Fsp3) is 0.579. The number of ether oxygens (including phenoxy) is 1. The molecule has 1 heterocycles. The molecule has 0 aromatic heterocycles. The van der Waals surface area contributed by atoms with E-state index in [4.69, 9.17) is 4.74 Å². The summed E-state index contributed by atoms with van der Waals surface area (Å²) in [7, 11) is 0. The van der Waals surface area contributed by atoms with E-state index in [1.165, 1.54) is 12.1 Å². The van der Waals surface area contributed by atoms with Crippen molar-refractivity contribution in [2.24, 2.45) is 17.8 Å². The topological polar surface area (TPSA) is 67.4 Å². The Morgan fingerprint density at radius 3 is 2.84 bits per heavy atom. The van der Waals surface area contributed by atoms with Gasteiger partial charge in [-0.25, -0.2) is 4.39 Å². The lowest BCUT2D eigenvalue weighted by molar-refractivity contribution is -0.132. The maximum atomic E-state index is 13.5. The minimum absolute atomic E-state index is 0.0128. The van der Waals surface area contributed by atoms with Crippen LogP contribution >= 0.6 is 0 Å². The number of halogens is 1. The van der Waals surface area contributed by atoms with Crippen molar-refractivity contribution >= 4 is 11.8 Å². The molecule has 1 aromatic rings. The van der Waals surface area contributed by atoms with Crippen LogP contribution in [0, 0.1) is 23.6 Å². The molecule has 2 amide bonds.